The molecule has 0 radical (unpaired) electrons. The molecule has 0 aromatic carbocycles. The van der Waals surface area contributed by atoms with E-state index >= 15 is 0 Å². The Labute approximate surface area is 94.8 Å². The predicted octanol–water partition coefficient (Wildman–Crippen LogP) is 2.83. The van der Waals surface area contributed by atoms with Crippen LogP contribution in [-0.4, -0.2) is 25.8 Å². The molecule has 0 heterocycles. The van der Waals surface area contributed by atoms with Crippen molar-refractivity contribution in [3.05, 3.63) is 0 Å². The summed E-state index contributed by atoms with van der Waals surface area (Å²) in [4.78, 5) is 0. The Morgan fingerprint density at radius 3 is 2.40 bits per heavy atom. The normalized spacial score (nSPS) is 29.4. The summed E-state index contributed by atoms with van der Waals surface area (Å²) >= 11 is 0. The molecule has 1 fully saturated rings. The number of rotatable bonds is 4. The molecule has 15 heavy (non-hydrogen) atoms. The molecule has 0 saturated heterocycles. The highest BCUT2D eigenvalue weighted by Crippen LogP contribution is 2.26. The van der Waals surface area contributed by atoms with Gasteiger partial charge in [-0.2, -0.15) is 0 Å². The molecule has 0 amide bonds. The predicted molar refractivity (Wildman–Crippen MR) is 65.1 cm³/mol. The smallest absolute Gasteiger partial charge is 0.0743 e. The number of ether oxygens (including phenoxy) is 1. The van der Waals surface area contributed by atoms with Crippen LogP contribution in [0.5, 0.6) is 0 Å². The molecule has 1 aliphatic carbocycles. The Morgan fingerprint density at radius 1 is 1.33 bits per heavy atom. The molecule has 1 aliphatic rings. The minimum absolute atomic E-state index is 0.228. The van der Waals surface area contributed by atoms with Gasteiger partial charge in [0.1, 0.15) is 0 Å². The monoisotopic (exact) mass is 213 g/mol. The van der Waals surface area contributed by atoms with E-state index in [2.05, 4.69) is 33.0 Å². The standard InChI is InChI=1S/C13H27NO/c1-10-6-7-11(8-10)14-9-12(15-5)13(2,3)4/h10-12,14H,6-9H2,1-5H3. The van der Waals surface area contributed by atoms with Gasteiger partial charge in [-0.3, -0.25) is 0 Å². The van der Waals surface area contributed by atoms with Gasteiger partial charge in [0, 0.05) is 19.7 Å². The minimum atomic E-state index is 0.228. The summed E-state index contributed by atoms with van der Waals surface area (Å²) in [7, 11) is 1.81. The Balaban J connectivity index is 2.29. The van der Waals surface area contributed by atoms with Crippen molar-refractivity contribution in [3.63, 3.8) is 0 Å². The third kappa shape index (κ3) is 4.12. The van der Waals surface area contributed by atoms with E-state index in [1.54, 1.807) is 0 Å². The maximum Gasteiger partial charge on any atom is 0.0743 e. The fourth-order valence-corrected chi connectivity index (χ4v) is 2.41. The topological polar surface area (TPSA) is 21.3 Å². The molecule has 1 saturated carbocycles. The highest BCUT2D eigenvalue weighted by Gasteiger charge is 2.26. The van der Waals surface area contributed by atoms with Crippen LogP contribution in [0.15, 0.2) is 0 Å². The summed E-state index contributed by atoms with van der Waals surface area (Å²) in [6, 6.07) is 0.722. The minimum Gasteiger partial charge on any atom is -0.380 e. The Hall–Kier alpha value is -0.0800. The lowest BCUT2D eigenvalue weighted by Gasteiger charge is -2.30. The fourth-order valence-electron chi connectivity index (χ4n) is 2.41. The molecule has 90 valence electrons. The van der Waals surface area contributed by atoms with E-state index in [1.807, 2.05) is 7.11 Å². The van der Waals surface area contributed by atoms with Gasteiger partial charge in [0.05, 0.1) is 6.10 Å². The maximum atomic E-state index is 5.54. The van der Waals surface area contributed by atoms with Gasteiger partial charge in [0.2, 0.25) is 0 Å². The second-order valence-corrected chi connectivity index (χ2v) is 6.11. The Kier molecular flexibility index (Phi) is 4.60. The van der Waals surface area contributed by atoms with Gasteiger partial charge in [-0.15, -0.1) is 0 Å². The largest absolute Gasteiger partial charge is 0.380 e. The zero-order valence-corrected chi connectivity index (χ0v) is 11.0. The van der Waals surface area contributed by atoms with Crippen molar-refractivity contribution in [2.45, 2.75) is 59.1 Å². The highest BCUT2D eigenvalue weighted by atomic mass is 16.5. The third-order valence-electron chi connectivity index (χ3n) is 3.54. The number of methoxy groups -OCH3 is 1. The second-order valence-electron chi connectivity index (χ2n) is 6.11. The average Bonchev–Trinajstić information content (AvgIpc) is 2.50. The van der Waals surface area contributed by atoms with Crippen LogP contribution >= 0.6 is 0 Å². The lowest BCUT2D eigenvalue weighted by atomic mass is 9.89. The first kappa shape index (κ1) is 13.0. The fraction of sp³-hybridized carbons (Fsp3) is 1.00. The summed E-state index contributed by atoms with van der Waals surface area (Å²) in [6.45, 7) is 10.0. The molecule has 3 unspecified atom stereocenters. The summed E-state index contributed by atoms with van der Waals surface area (Å²) in [5.41, 5.74) is 0.228. The SMILES string of the molecule is COC(CNC1CCC(C)C1)C(C)(C)C. The van der Waals surface area contributed by atoms with Gasteiger partial charge in [-0.1, -0.05) is 27.7 Å². The van der Waals surface area contributed by atoms with Gasteiger partial charge < -0.3 is 10.1 Å². The van der Waals surface area contributed by atoms with E-state index in [0.717, 1.165) is 18.5 Å². The first-order valence-electron chi connectivity index (χ1n) is 6.19. The van der Waals surface area contributed by atoms with Gasteiger partial charge in [0.25, 0.3) is 0 Å². The summed E-state index contributed by atoms with van der Waals surface area (Å²) < 4.78 is 5.54. The van der Waals surface area contributed by atoms with Crippen LogP contribution < -0.4 is 5.32 Å². The molecular weight excluding hydrogens is 186 g/mol. The number of hydrogen-bond donors (Lipinski definition) is 1. The van der Waals surface area contributed by atoms with Crippen molar-refractivity contribution in [1.82, 2.24) is 5.32 Å². The maximum absolute atomic E-state index is 5.54. The van der Waals surface area contributed by atoms with Gasteiger partial charge in [-0.25, -0.2) is 0 Å². The molecule has 1 rings (SSSR count). The quantitative estimate of drug-likeness (QED) is 0.775. The zero-order valence-electron chi connectivity index (χ0n) is 11.0. The van der Waals surface area contributed by atoms with Crippen molar-refractivity contribution in [2.75, 3.05) is 13.7 Å². The third-order valence-corrected chi connectivity index (χ3v) is 3.54. The lowest BCUT2D eigenvalue weighted by Crippen LogP contribution is -2.41. The van der Waals surface area contributed by atoms with Gasteiger partial charge in [-0.05, 0) is 30.6 Å². The number of nitrogens with one attached hydrogen (secondary N) is 1. The lowest BCUT2D eigenvalue weighted by molar-refractivity contribution is 0.0157. The molecule has 2 nitrogen and oxygen atoms in total. The van der Waals surface area contributed by atoms with E-state index in [-0.39, 0.29) is 5.41 Å². The molecule has 2 heteroatoms. The summed E-state index contributed by atoms with van der Waals surface area (Å²) in [6.07, 6.45) is 4.36. The van der Waals surface area contributed by atoms with Crippen molar-refractivity contribution < 1.29 is 4.74 Å². The molecule has 0 spiro atoms. The van der Waals surface area contributed by atoms with Gasteiger partial charge in [0.15, 0.2) is 0 Å². The van der Waals surface area contributed by atoms with E-state index < -0.39 is 0 Å². The number of hydrogen-bond acceptors (Lipinski definition) is 2. The van der Waals surface area contributed by atoms with Crippen LogP contribution in [0.3, 0.4) is 0 Å². The van der Waals surface area contributed by atoms with E-state index in [1.165, 1.54) is 19.3 Å². The van der Waals surface area contributed by atoms with Crippen molar-refractivity contribution in [3.8, 4) is 0 Å². The van der Waals surface area contributed by atoms with Gasteiger partial charge >= 0.3 is 0 Å². The molecule has 0 aromatic heterocycles. The Bertz CT molecular complexity index is 185. The highest BCUT2D eigenvalue weighted by molar-refractivity contribution is 4.82. The molecule has 0 aliphatic heterocycles. The zero-order chi connectivity index (χ0) is 11.5. The summed E-state index contributed by atoms with van der Waals surface area (Å²) in [5.74, 6) is 0.901. The van der Waals surface area contributed by atoms with Crippen LogP contribution in [0.2, 0.25) is 0 Å². The molecule has 1 N–H and O–H groups in total. The molecule has 0 bridgehead atoms. The Morgan fingerprint density at radius 2 is 2.00 bits per heavy atom. The average molecular weight is 213 g/mol. The van der Waals surface area contributed by atoms with Crippen LogP contribution in [0.4, 0.5) is 0 Å². The van der Waals surface area contributed by atoms with E-state index in [0.29, 0.717) is 6.10 Å². The van der Waals surface area contributed by atoms with Crippen molar-refractivity contribution in [2.24, 2.45) is 11.3 Å². The van der Waals surface area contributed by atoms with Crippen LogP contribution in [-0.2, 0) is 4.74 Å². The first-order chi connectivity index (χ1) is 6.93. The molecule has 3 atom stereocenters. The second kappa shape index (κ2) is 5.31. The van der Waals surface area contributed by atoms with Crippen molar-refractivity contribution in [1.29, 1.82) is 0 Å². The molecule has 0 aromatic rings. The van der Waals surface area contributed by atoms with Crippen LogP contribution in [0.1, 0.15) is 47.0 Å². The van der Waals surface area contributed by atoms with Crippen LogP contribution in [0.25, 0.3) is 0 Å². The molecular formula is C13H27NO. The summed E-state index contributed by atoms with van der Waals surface area (Å²) in [5, 5.41) is 3.64. The van der Waals surface area contributed by atoms with E-state index in [9.17, 15) is 0 Å². The van der Waals surface area contributed by atoms with E-state index in [4.69, 9.17) is 4.74 Å². The van der Waals surface area contributed by atoms with Crippen LogP contribution in [0, 0.1) is 11.3 Å². The van der Waals surface area contributed by atoms with Crippen molar-refractivity contribution >= 4 is 0 Å². The first-order valence-corrected chi connectivity index (χ1v) is 6.19.